The highest BCUT2D eigenvalue weighted by Gasteiger charge is 2.19. The summed E-state index contributed by atoms with van der Waals surface area (Å²) in [4.78, 5) is 6.76. The average Bonchev–Trinajstić information content (AvgIpc) is 3.32. The van der Waals surface area contributed by atoms with Crippen LogP contribution in [0.3, 0.4) is 0 Å². The Labute approximate surface area is 235 Å². The van der Waals surface area contributed by atoms with Crippen molar-refractivity contribution in [3.05, 3.63) is 158 Å². The standard InChI is InChI=1S/C37H31N3/c1-26(2)39(31-15-9-6-10-16-31)27(3)37(38-4)30-21-24-36-34(25-30)33-17-11-12-18-35(33)40(36)32-22-19-29(20-23-32)28-13-7-5-8-14-28/h5-25H,1,3H2,2,4H3. The minimum atomic E-state index is 0.792. The molecule has 0 N–H and O–H groups in total. The maximum absolute atomic E-state index is 4.70. The number of nitrogens with zero attached hydrogens (tertiary/aromatic N) is 3. The van der Waals surface area contributed by atoms with E-state index in [-0.39, 0.29) is 0 Å². The molecule has 0 spiro atoms. The summed E-state index contributed by atoms with van der Waals surface area (Å²) in [7, 11) is 1.82. The third-order valence-electron chi connectivity index (χ3n) is 7.34. The molecule has 0 fully saturated rings. The number of hydrogen-bond donors (Lipinski definition) is 0. The molecule has 6 aromatic rings. The van der Waals surface area contributed by atoms with Crippen molar-refractivity contribution in [2.24, 2.45) is 4.99 Å². The van der Waals surface area contributed by atoms with Crippen molar-refractivity contribution in [3.8, 4) is 16.8 Å². The van der Waals surface area contributed by atoms with Gasteiger partial charge in [-0.1, -0.05) is 98.1 Å². The van der Waals surface area contributed by atoms with Gasteiger partial charge in [-0.15, -0.1) is 0 Å². The van der Waals surface area contributed by atoms with E-state index in [4.69, 9.17) is 4.99 Å². The summed E-state index contributed by atoms with van der Waals surface area (Å²) in [5, 5.41) is 2.38. The Morgan fingerprint density at radius 2 is 1.25 bits per heavy atom. The number of allylic oxidation sites excluding steroid dienone is 2. The van der Waals surface area contributed by atoms with Crippen molar-refractivity contribution in [1.29, 1.82) is 0 Å². The van der Waals surface area contributed by atoms with Crippen LogP contribution in [-0.2, 0) is 0 Å². The van der Waals surface area contributed by atoms with Crippen molar-refractivity contribution in [3.63, 3.8) is 0 Å². The molecule has 6 rings (SSSR count). The van der Waals surface area contributed by atoms with Crippen LogP contribution in [0.25, 0.3) is 38.6 Å². The smallest absolute Gasteiger partial charge is 0.0877 e. The normalized spacial score (nSPS) is 11.6. The highest BCUT2D eigenvalue weighted by atomic mass is 15.2. The number of para-hydroxylation sites is 2. The van der Waals surface area contributed by atoms with Gasteiger partial charge in [-0.2, -0.15) is 0 Å². The predicted molar refractivity (Wildman–Crippen MR) is 172 cm³/mol. The summed E-state index contributed by atoms with van der Waals surface area (Å²) in [6, 6.07) is 44.6. The molecule has 0 aliphatic carbocycles. The van der Waals surface area contributed by atoms with Gasteiger partial charge in [-0.25, -0.2) is 0 Å². The Hall–Kier alpha value is -5.15. The fourth-order valence-corrected chi connectivity index (χ4v) is 5.55. The van der Waals surface area contributed by atoms with Crippen molar-refractivity contribution in [2.45, 2.75) is 6.92 Å². The molecular weight excluding hydrogens is 486 g/mol. The third-order valence-corrected chi connectivity index (χ3v) is 7.34. The predicted octanol–water partition coefficient (Wildman–Crippen LogP) is 9.42. The fourth-order valence-electron chi connectivity index (χ4n) is 5.55. The molecule has 3 nitrogen and oxygen atoms in total. The number of aliphatic imine (C=N–C) groups is 1. The summed E-state index contributed by atoms with van der Waals surface area (Å²) >= 11 is 0. The van der Waals surface area contributed by atoms with E-state index in [0.717, 1.165) is 39.6 Å². The lowest BCUT2D eigenvalue weighted by atomic mass is 10.0. The van der Waals surface area contributed by atoms with Gasteiger partial charge >= 0.3 is 0 Å². The molecule has 3 heteroatoms. The van der Waals surface area contributed by atoms with Crippen LogP contribution in [0.15, 0.2) is 157 Å². The van der Waals surface area contributed by atoms with Gasteiger partial charge in [0.05, 0.1) is 22.4 Å². The van der Waals surface area contributed by atoms with Crippen LogP contribution in [0, 0.1) is 0 Å². The van der Waals surface area contributed by atoms with Gasteiger partial charge in [0.2, 0.25) is 0 Å². The molecule has 0 aliphatic heterocycles. The third kappa shape index (κ3) is 4.42. The number of anilines is 1. The van der Waals surface area contributed by atoms with Crippen molar-refractivity contribution in [2.75, 3.05) is 11.9 Å². The Morgan fingerprint density at radius 3 is 1.93 bits per heavy atom. The number of rotatable bonds is 7. The van der Waals surface area contributed by atoms with E-state index in [1.54, 1.807) is 0 Å². The van der Waals surface area contributed by atoms with Gasteiger partial charge in [-0.05, 0) is 60.5 Å². The van der Waals surface area contributed by atoms with Gasteiger partial charge in [-0.3, -0.25) is 4.99 Å². The first-order valence-corrected chi connectivity index (χ1v) is 13.4. The van der Waals surface area contributed by atoms with Crippen LogP contribution in [0.2, 0.25) is 0 Å². The van der Waals surface area contributed by atoms with Crippen LogP contribution < -0.4 is 4.90 Å². The lowest BCUT2D eigenvalue weighted by Crippen LogP contribution is -2.25. The minimum absolute atomic E-state index is 0.792. The highest BCUT2D eigenvalue weighted by Crippen LogP contribution is 2.34. The molecule has 5 aromatic carbocycles. The van der Waals surface area contributed by atoms with Crippen LogP contribution in [0.5, 0.6) is 0 Å². The Morgan fingerprint density at radius 1 is 0.650 bits per heavy atom. The Balaban J connectivity index is 1.45. The minimum Gasteiger partial charge on any atom is -0.314 e. The van der Waals surface area contributed by atoms with Crippen LogP contribution >= 0.6 is 0 Å². The topological polar surface area (TPSA) is 20.5 Å². The zero-order chi connectivity index (χ0) is 27.6. The Kier molecular flexibility index (Phi) is 6.63. The summed E-state index contributed by atoms with van der Waals surface area (Å²) in [5.74, 6) is 0. The number of fused-ring (bicyclic) bond motifs is 3. The van der Waals surface area contributed by atoms with E-state index in [0.29, 0.717) is 0 Å². The molecule has 0 saturated carbocycles. The van der Waals surface area contributed by atoms with E-state index in [9.17, 15) is 0 Å². The van der Waals surface area contributed by atoms with Crippen LogP contribution in [0.4, 0.5) is 5.69 Å². The van der Waals surface area contributed by atoms with Crippen molar-refractivity contribution >= 4 is 33.2 Å². The lowest BCUT2D eigenvalue weighted by molar-refractivity contribution is 1.12. The number of aromatic nitrogens is 1. The van der Waals surface area contributed by atoms with Gasteiger partial charge in [0.25, 0.3) is 0 Å². The molecule has 0 saturated heterocycles. The zero-order valence-corrected chi connectivity index (χ0v) is 22.9. The second-order valence-corrected chi connectivity index (χ2v) is 9.92. The SMILES string of the molecule is C=C(C)N(C(=C)C(=NC)c1ccc2c(c1)c1ccccc1n2-c1ccc(-c2ccccc2)cc1)c1ccccc1. The van der Waals surface area contributed by atoms with Gasteiger partial charge < -0.3 is 9.47 Å². The summed E-state index contributed by atoms with van der Waals surface area (Å²) in [6.07, 6.45) is 0. The molecule has 0 bridgehead atoms. The van der Waals surface area contributed by atoms with Crippen molar-refractivity contribution < 1.29 is 0 Å². The monoisotopic (exact) mass is 517 g/mol. The first-order chi connectivity index (χ1) is 19.6. The van der Waals surface area contributed by atoms with Crippen LogP contribution in [-0.4, -0.2) is 17.3 Å². The van der Waals surface area contributed by atoms with E-state index < -0.39 is 0 Å². The van der Waals surface area contributed by atoms with Gasteiger partial charge in [0.1, 0.15) is 0 Å². The summed E-state index contributed by atoms with van der Waals surface area (Å²) in [6.45, 7) is 10.7. The van der Waals surface area contributed by atoms with Crippen LogP contribution in [0.1, 0.15) is 12.5 Å². The molecule has 1 heterocycles. The van der Waals surface area contributed by atoms with Gasteiger partial charge in [0.15, 0.2) is 0 Å². The van der Waals surface area contributed by atoms with Gasteiger partial charge in [0, 0.05) is 40.5 Å². The quantitative estimate of drug-likeness (QED) is 0.193. The molecular formula is C37H31N3. The molecule has 0 unspecified atom stereocenters. The summed E-state index contributed by atoms with van der Waals surface area (Å²) < 4.78 is 2.34. The highest BCUT2D eigenvalue weighted by molar-refractivity contribution is 6.18. The average molecular weight is 518 g/mol. The maximum Gasteiger partial charge on any atom is 0.0877 e. The van der Waals surface area contributed by atoms with E-state index in [1.807, 2.05) is 38.2 Å². The second-order valence-electron chi connectivity index (χ2n) is 9.92. The molecule has 0 atom stereocenters. The lowest BCUT2D eigenvalue weighted by Gasteiger charge is -2.28. The maximum atomic E-state index is 4.70. The van der Waals surface area contributed by atoms with Crippen molar-refractivity contribution in [1.82, 2.24) is 4.57 Å². The first-order valence-electron chi connectivity index (χ1n) is 13.4. The second kappa shape index (κ2) is 10.5. The fraction of sp³-hybridized carbons (Fsp3) is 0.0541. The molecule has 0 radical (unpaired) electrons. The van der Waals surface area contributed by atoms with E-state index in [2.05, 4.69) is 126 Å². The molecule has 1 aromatic heterocycles. The van der Waals surface area contributed by atoms with E-state index >= 15 is 0 Å². The van der Waals surface area contributed by atoms with E-state index in [1.165, 1.54) is 27.4 Å². The number of hydrogen-bond acceptors (Lipinski definition) is 2. The summed E-state index contributed by atoms with van der Waals surface area (Å²) in [5.41, 5.74) is 10.4. The largest absolute Gasteiger partial charge is 0.314 e. The molecule has 40 heavy (non-hydrogen) atoms. The number of benzene rings is 5. The Bertz CT molecular complexity index is 1880. The first kappa shape index (κ1) is 25.1. The molecule has 0 aliphatic rings. The zero-order valence-electron chi connectivity index (χ0n) is 22.9. The molecule has 0 amide bonds. The molecule has 194 valence electrons.